The molecule has 0 saturated carbocycles. The van der Waals surface area contributed by atoms with Crippen molar-refractivity contribution in [3.63, 3.8) is 0 Å². The first-order valence-corrected chi connectivity index (χ1v) is 5.65. The summed E-state index contributed by atoms with van der Waals surface area (Å²) in [7, 11) is 1.66. The molecule has 1 aromatic carbocycles. The molecule has 4 heteroatoms. The van der Waals surface area contributed by atoms with Crippen molar-refractivity contribution in [2.45, 2.75) is 20.3 Å². The van der Waals surface area contributed by atoms with Gasteiger partial charge >= 0.3 is 0 Å². The largest absolute Gasteiger partial charge is 0.496 e. The fourth-order valence-electron chi connectivity index (χ4n) is 1.91. The number of benzene rings is 1. The number of aryl methyl sites for hydroxylation is 2. The quantitative estimate of drug-likeness (QED) is 0.853. The number of nitrogens with zero attached hydrogens (tertiary/aromatic N) is 1. The van der Waals surface area contributed by atoms with Gasteiger partial charge in [-0.2, -0.15) is 0 Å². The van der Waals surface area contributed by atoms with Crippen molar-refractivity contribution in [3.05, 3.63) is 29.5 Å². The number of aromatic amines is 1. The standard InChI is InChI=1S/C13H17N3O/c1-4-9-5-6-11(17-3)10(7-9)12-8(2)15-13(14)16-12/h5-7H,4H2,1-3H3,(H3,14,15,16). The number of anilines is 1. The lowest BCUT2D eigenvalue weighted by molar-refractivity contribution is 0.416. The van der Waals surface area contributed by atoms with Crippen molar-refractivity contribution in [1.29, 1.82) is 0 Å². The number of hydrogen-bond donors (Lipinski definition) is 2. The lowest BCUT2D eigenvalue weighted by atomic mass is 10.0. The number of methoxy groups -OCH3 is 1. The lowest BCUT2D eigenvalue weighted by Gasteiger charge is -2.09. The Labute approximate surface area is 101 Å². The zero-order chi connectivity index (χ0) is 12.4. The molecule has 1 aromatic heterocycles. The number of hydrogen-bond acceptors (Lipinski definition) is 3. The number of rotatable bonds is 3. The number of aromatic nitrogens is 2. The SMILES string of the molecule is CCc1ccc(OC)c(-c2nc(N)[nH]c2C)c1. The molecule has 17 heavy (non-hydrogen) atoms. The molecule has 0 aliphatic rings. The van der Waals surface area contributed by atoms with Gasteiger partial charge in [-0.15, -0.1) is 0 Å². The molecule has 0 aliphatic carbocycles. The van der Waals surface area contributed by atoms with Gasteiger partial charge in [-0.3, -0.25) is 0 Å². The Bertz CT molecular complexity index is 531. The third kappa shape index (κ3) is 2.11. The van der Waals surface area contributed by atoms with E-state index in [1.807, 2.05) is 13.0 Å². The Morgan fingerprint density at radius 1 is 1.41 bits per heavy atom. The maximum atomic E-state index is 5.67. The Morgan fingerprint density at radius 2 is 2.18 bits per heavy atom. The van der Waals surface area contributed by atoms with Gasteiger partial charge in [0.2, 0.25) is 0 Å². The van der Waals surface area contributed by atoms with Gasteiger partial charge in [0.15, 0.2) is 5.95 Å². The molecule has 3 N–H and O–H groups in total. The molecule has 2 rings (SSSR count). The maximum absolute atomic E-state index is 5.67. The fraction of sp³-hybridized carbons (Fsp3) is 0.308. The van der Waals surface area contributed by atoms with E-state index in [1.54, 1.807) is 7.11 Å². The highest BCUT2D eigenvalue weighted by Crippen LogP contribution is 2.32. The van der Waals surface area contributed by atoms with Crippen LogP contribution < -0.4 is 10.5 Å². The highest BCUT2D eigenvalue weighted by molar-refractivity contribution is 5.71. The average molecular weight is 231 g/mol. The first-order chi connectivity index (χ1) is 8.15. The normalized spacial score (nSPS) is 10.5. The van der Waals surface area contributed by atoms with Crippen LogP contribution >= 0.6 is 0 Å². The molecule has 0 aliphatic heterocycles. The Morgan fingerprint density at radius 3 is 2.71 bits per heavy atom. The molecule has 0 spiro atoms. The Balaban J connectivity index is 2.59. The lowest BCUT2D eigenvalue weighted by Crippen LogP contribution is -1.92. The number of nitrogens with two attached hydrogens (primary N) is 1. The van der Waals surface area contributed by atoms with Crippen LogP contribution in [0.25, 0.3) is 11.3 Å². The minimum atomic E-state index is 0.432. The highest BCUT2D eigenvalue weighted by atomic mass is 16.5. The van der Waals surface area contributed by atoms with E-state index >= 15 is 0 Å². The van der Waals surface area contributed by atoms with Crippen LogP contribution in [0, 0.1) is 6.92 Å². The van der Waals surface area contributed by atoms with E-state index in [0.717, 1.165) is 29.1 Å². The average Bonchev–Trinajstić information content (AvgIpc) is 2.67. The molecule has 0 saturated heterocycles. The summed E-state index contributed by atoms with van der Waals surface area (Å²) in [4.78, 5) is 7.31. The first kappa shape index (κ1) is 11.5. The smallest absolute Gasteiger partial charge is 0.198 e. The van der Waals surface area contributed by atoms with Crippen LogP contribution in [-0.2, 0) is 6.42 Å². The molecule has 0 unspecified atom stereocenters. The van der Waals surface area contributed by atoms with Crippen LogP contribution in [0.15, 0.2) is 18.2 Å². The van der Waals surface area contributed by atoms with Gasteiger partial charge in [-0.05, 0) is 31.0 Å². The third-order valence-corrected chi connectivity index (χ3v) is 2.83. The van der Waals surface area contributed by atoms with Crippen molar-refractivity contribution in [2.75, 3.05) is 12.8 Å². The summed E-state index contributed by atoms with van der Waals surface area (Å²) in [6.45, 7) is 4.08. The van der Waals surface area contributed by atoms with Gasteiger partial charge < -0.3 is 15.5 Å². The van der Waals surface area contributed by atoms with Gasteiger partial charge in [-0.1, -0.05) is 13.0 Å². The number of ether oxygens (including phenoxy) is 1. The summed E-state index contributed by atoms with van der Waals surface area (Å²) < 4.78 is 5.37. The zero-order valence-electron chi connectivity index (χ0n) is 10.4. The summed E-state index contributed by atoms with van der Waals surface area (Å²) in [5.74, 6) is 1.25. The second kappa shape index (κ2) is 4.49. The monoisotopic (exact) mass is 231 g/mol. The van der Waals surface area contributed by atoms with E-state index in [1.165, 1.54) is 5.56 Å². The van der Waals surface area contributed by atoms with E-state index in [9.17, 15) is 0 Å². The molecule has 0 bridgehead atoms. The summed E-state index contributed by atoms with van der Waals surface area (Å²) in [5, 5.41) is 0. The molecule has 0 amide bonds. The maximum Gasteiger partial charge on any atom is 0.198 e. The van der Waals surface area contributed by atoms with Gasteiger partial charge in [0, 0.05) is 11.3 Å². The Hall–Kier alpha value is -1.97. The summed E-state index contributed by atoms with van der Waals surface area (Å²) in [6.07, 6.45) is 0.982. The first-order valence-electron chi connectivity index (χ1n) is 5.65. The molecule has 1 heterocycles. The van der Waals surface area contributed by atoms with E-state index in [4.69, 9.17) is 10.5 Å². The van der Waals surface area contributed by atoms with E-state index in [2.05, 4.69) is 29.0 Å². The van der Waals surface area contributed by atoms with Gasteiger partial charge in [0.05, 0.1) is 12.8 Å². The van der Waals surface area contributed by atoms with Crippen molar-refractivity contribution in [1.82, 2.24) is 9.97 Å². The van der Waals surface area contributed by atoms with E-state index in [-0.39, 0.29) is 0 Å². The van der Waals surface area contributed by atoms with E-state index < -0.39 is 0 Å². The van der Waals surface area contributed by atoms with Crippen LogP contribution in [0.4, 0.5) is 5.95 Å². The number of nitrogen functional groups attached to an aromatic ring is 1. The second-order valence-corrected chi connectivity index (χ2v) is 3.98. The summed E-state index contributed by atoms with van der Waals surface area (Å²) >= 11 is 0. The highest BCUT2D eigenvalue weighted by Gasteiger charge is 2.13. The zero-order valence-corrected chi connectivity index (χ0v) is 10.4. The molecule has 90 valence electrons. The molecule has 4 nitrogen and oxygen atoms in total. The number of nitrogens with one attached hydrogen (secondary N) is 1. The van der Waals surface area contributed by atoms with Crippen molar-refractivity contribution >= 4 is 5.95 Å². The molecular weight excluding hydrogens is 214 g/mol. The van der Waals surface area contributed by atoms with Crippen LogP contribution in [0.3, 0.4) is 0 Å². The van der Waals surface area contributed by atoms with Crippen molar-refractivity contribution < 1.29 is 4.74 Å². The molecule has 0 atom stereocenters. The predicted molar refractivity (Wildman–Crippen MR) is 69.1 cm³/mol. The predicted octanol–water partition coefficient (Wildman–Crippen LogP) is 2.54. The van der Waals surface area contributed by atoms with Crippen molar-refractivity contribution in [3.8, 4) is 17.0 Å². The fourth-order valence-corrected chi connectivity index (χ4v) is 1.91. The molecule has 0 radical (unpaired) electrons. The Kier molecular flexibility index (Phi) is 3.04. The van der Waals surface area contributed by atoms with Crippen LogP contribution in [0.1, 0.15) is 18.2 Å². The minimum Gasteiger partial charge on any atom is -0.496 e. The minimum absolute atomic E-state index is 0.432. The van der Waals surface area contributed by atoms with Gasteiger partial charge in [0.1, 0.15) is 5.75 Å². The number of H-pyrrole nitrogens is 1. The summed E-state index contributed by atoms with van der Waals surface area (Å²) in [5.41, 5.74) is 9.72. The van der Waals surface area contributed by atoms with Crippen LogP contribution in [0.5, 0.6) is 5.75 Å². The van der Waals surface area contributed by atoms with E-state index in [0.29, 0.717) is 5.95 Å². The third-order valence-electron chi connectivity index (χ3n) is 2.83. The van der Waals surface area contributed by atoms with Crippen LogP contribution in [-0.4, -0.2) is 17.1 Å². The van der Waals surface area contributed by atoms with Crippen LogP contribution in [0.2, 0.25) is 0 Å². The van der Waals surface area contributed by atoms with Gasteiger partial charge in [0.25, 0.3) is 0 Å². The summed E-state index contributed by atoms with van der Waals surface area (Å²) in [6, 6.07) is 6.13. The molecule has 0 fully saturated rings. The van der Waals surface area contributed by atoms with Gasteiger partial charge in [-0.25, -0.2) is 4.98 Å². The number of imidazole rings is 1. The molecular formula is C13H17N3O. The molecule has 2 aromatic rings. The van der Waals surface area contributed by atoms with Crippen molar-refractivity contribution in [2.24, 2.45) is 0 Å². The second-order valence-electron chi connectivity index (χ2n) is 3.98. The topological polar surface area (TPSA) is 63.9 Å².